The van der Waals surface area contributed by atoms with Gasteiger partial charge in [-0.3, -0.25) is 33.7 Å². The third-order valence-corrected chi connectivity index (χ3v) is 6.88. The van der Waals surface area contributed by atoms with Crippen molar-refractivity contribution in [2.75, 3.05) is 18.2 Å². The summed E-state index contributed by atoms with van der Waals surface area (Å²) in [5, 5.41) is 10.5. The van der Waals surface area contributed by atoms with Gasteiger partial charge in [0.25, 0.3) is 11.8 Å². The van der Waals surface area contributed by atoms with Crippen molar-refractivity contribution in [1.29, 1.82) is 0 Å². The van der Waals surface area contributed by atoms with Crippen molar-refractivity contribution < 1.29 is 28.8 Å². The summed E-state index contributed by atoms with van der Waals surface area (Å²) >= 11 is 1.64. The van der Waals surface area contributed by atoms with E-state index < -0.39 is 29.9 Å². The van der Waals surface area contributed by atoms with E-state index in [0.717, 1.165) is 17.1 Å². The minimum Gasteiger partial charge on any atom is -0.345 e. The molecule has 0 radical (unpaired) electrons. The molecule has 3 atom stereocenters. The van der Waals surface area contributed by atoms with Crippen LogP contribution in [0.25, 0.3) is 0 Å². The number of thioether (sulfide) groups is 1. The van der Waals surface area contributed by atoms with Crippen LogP contribution in [-0.4, -0.2) is 76.6 Å². The lowest BCUT2D eigenvalue weighted by Gasteiger charge is -2.20. The second kappa shape index (κ2) is 18.4. The normalized spacial score (nSPS) is 15.1. The molecule has 0 saturated heterocycles. The van der Waals surface area contributed by atoms with E-state index in [2.05, 4.69) is 28.2 Å². The summed E-state index contributed by atoms with van der Waals surface area (Å²) < 4.78 is 0. The molecular formula is C26H43N5O6S. The number of hydrogen-bond acceptors (Lipinski definition) is 7. The lowest BCUT2D eigenvalue weighted by molar-refractivity contribution is -0.137. The summed E-state index contributed by atoms with van der Waals surface area (Å²) in [4.78, 5) is 73.3. The zero-order chi connectivity index (χ0) is 28.5. The van der Waals surface area contributed by atoms with Crippen LogP contribution >= 0.6 is 11.8 Å². The summed E-state index contributed by atoms with van der Waals surface area (Å²) in [5.41, 5.74) is 0. The van der Waals surface area contributed by atoms with Crippen LogP contribution in [0.2, 0.25) is 0 Å². The quantitative estimate of drug-likeness (QED) is 0.107. The lowest BCUT2D eigenvalue weighted by atomic mass is 10.1. The second-order valence-corrected chi connectivity index (χ2v) is 10.5. The maximum atomic E-state index is 12.4. The average molecular weight is 554 g/mol. The highest BCUT2D eigenvalue weighted by molar-refractivity contribution is 7.99. The lowest BCUT2D eigenvalue weighted by Crippen LogP contribution is -2.54. The summed E-state index contributed by atoms with van der Waals surface area (Å²) in [6.07, 6.45) is 9.12. The van der Waals surface area contributed by atoms with Crippen molar-refractivity contribution in [2.24, 2.45) is 0 Å². The van der Waals surface area contributed by atoms with E-state index in [1.54, 1.807) is 18.7 Å². The molecule has 0 saturated carbocycles. The number of carbonyl (C=O) groups excluding carboxylic acids is 6. The van der Waals surface area contributed by atoms with Crippen LogP contribution in [0.1, 0.15) is 79.1 Å². The van der Waals surface area contributed by atoms with Crippen LogP contribution in [0, 0.1) is 0 Å². The molecule has 0 spiro atoms. The first kappa shape index (κ1) is 33.1. The zero-order valence-corrected chi connectivity index (χ0v) is 23.8. The van der Waals surface area contributed by atoms with E-state index in [1.807, 2.05) is 0 Å². The van der Waals surface area contributed by atoms with Gasteiger partial charge in [-0.1, -0.05) is 32.6 Å². The third kappa shape index (κ3) is 13.1. The Labute approximate surface area is 229 Å². The fraction of sp³-hybridized carbons (Fsp3) is 0.692. The Balaban J connectivity index is 2.21. The van der Waals surface area contributed by atoms with Crippen LogP contribution in [0.5, 0.6) is 0 Å². The van der Waals surface area contributed by atoms with Gasteiger partial charge in [-0.25, -0.2) is 0 Å². The molecule has 0 fully saturated rings. The van der Waals surface area contributed by atoms with Gasteiger partial charge >= 0.3 is 0 Å². The molecule has 214 valence electrons. The maximum Gasteiger partial charge on any atom is 0.253 e. The highest BCUT2D eigenvalue weighted by Crippen LogP contribution is 2.08. The number of amides is 6. The number of nitrogens with zero attached hydrogens (tertiary/aromatic N) is 1. The van der Waals surface area contributed by atoms with Gasteiger partial charge in [-0.2, -0.15) is 0 Å². The monoisotopic (exact) mass is 553 g/mol. The van der Waals surface area contributed by atoms with Crippen molar-refractivity contribution in [3.63, 3.8) is 0 Å². The van der Waals surface area contributed by atoms with Gasteiger partial charge < -0.3 is 21.3 Å². The predicted octanol–water partition coefficient (Wildman–Crippen LogP) is 1.37. The molecule has 6 amide bonds. The number of carbonyl (C=O) groups is 6. The molecule has 0 aromatic heterocycles. The number of imide groups is 1. The Morgan fingerprint density at radius 2 is 1.32 bits per heavy atom. The fourth-order valence-electron chi connectivity index (χ4n) is 3.55. The molecule has 0 bridgehead atoms. The van der Waals surface area contributed by atoms with Gasteiger partial charge in [-0.15, -0.1) is 11.8 Å². The molecule has 1 aliphatic heterocycles. The molecule has 1 heterocycles. The highest BCUT2D eigenvalue weighted by Gasteiger charge is 2.24. The molecule has 1 rings (SSSR count). The van der Waals surface area contributed by atoms with Crippen LogP contribution in [0.3, 0.4) is 0 Å². The van der Waals surface area contributed by atoms with E-state index in [9.17, 15) is 28.8 Å². The van der Waals surface area contributed by atoms with E-state index >= 15 is 0 Å². The Morgan fingerprint density at radius 1 is 0.763 bits per heavy atom. The maximum absolute atomic E-state index is 12.4. The van der Waals surface area contributed by atoms with Crippen molar-refractivity contribution in [1.82, 2.24) is 26.2 Å². The number of rotatable bonds is 19. The number of unbranched alkanes of at least 4 members (excludes halogenated alkanes) is 5. The standard InChI is InChI=1S/C26H43N5O6S/c1-5-6-7-11-16-38-17-27-24(35)18(2)29-26(37)20(4)30-25(36)19(3)28-21(32)12-9-8-10-15-31-22(33)13-14-23(31)34/h13-14,18-20H,5-12,15-17H2,1-4H3,(H,27,35)(H,28,32)(H,29,37)(H,30,36). The van der Waals surface area contributed by atoms with Gasteiger partial charge in [0.2, 0.25) is 23.6 Å². The smallest absolute Gasteiger partial charge is 0.253 e. The summed E-state index contributed by atoms with van der Waals surface area (Å²) in [7, 11) is 0. The minimum atomic E-state index is -0.893. The number of hydrogen-bond donors (Lipinski definition) is 4. The molecule has 12 heteroatoms. The fourth-order valence-corrected chi connectivity index (χ4v) is 4.35. The van der Waals surface area contributed by atoms with Crippen LogP contribution in [0.4, 0.5) is 0 Å². The molecule has 3 unspecified atom stereocenters. The average Bonchev–Trinajstić information content (AvgIpc) is 3.19. The van der Waals surface area contributed by atoms with Crippen molar-refractivity contribution >= 4 is 47.2 Å². The van der Waals surface area contributed by atoms with Crippen molar-refractivity contribution in [3.8, 4) is 0 Å². The van der Waals surface area contributed by atoms with E-state index in [4.69, 9.17) is 0 Å². The molecule has 0 aromatic carbocycles. The molecule has 0 aromatic rings. The van der Waals surface area contributed by atoms with Crippen LogP contribution in [0.15, 0.2) is 12.2 Å². The molecule has 0 aliphatic carbocycles. The number of nitrogens with one attached hydrogen (secondary N) is 4. The first-order valence-electron chi connectivity index (χ1n) is 13.4. The largest absolute Gasteiger partial charge is 0.345 e. The van der Waals surface area contributed by atoms with E-state index in [-0.39, 0.29) is 30.0 Å². The molecule has 38 heavy (non-hydrogen) atoms. The van der Waals surface area contributed by atoms with E-state index in [1.165, 1.54) is 45.3 Å². The zero-order valence-electron chi connectivity index (χ0n) is 23.0. The van der Waals surface area contributed by atoms with Gasteiger partial charge in [-0.05, 0) is 45.8 Å². The summed E-state index contributed by atoms with van der Waals surface area (Å²) in [5.74, 6) is -0.828. The van der Waals surface area contributed by atoms with Gasteiger partial charge in [0, 0.05) is 25.1 Å². The SMILES string of the molecule is CCCCCCSCNC(=O)C(C)NC(=O)C(C)NC(=O)C(C)NC(=O)CCCCCN1C(=O)C=CC1=O. The molecule has 4 N–H and O–H groups in total. The molecule has 11 nitrogen and oxygen atoms in total. The van der Waals surface area contributed by atoms with Gasteiger partial charge in [0.1, 0.15) is 18.1 Å². The van der Waals surface area contributed by atoms with Gasteiger partial charge in [0.15, 0.2) is 0 Å². The summed E-state index contributed by atoms with van der Waals surface area (Å²) in [6.45, 7) is 7.07. The predicted molar refractivity (Wildman–Crippen MR) is 147 cm³/mol. The van der Waals surface area contributed by atoms with Crippen molar-refractivity contribution in [2.45, 2.75) is 97.2 Å². The first-order valence-corrected chi connectivity index (χ1v) is 14.5. The minimum absolute atomic E-state index is 0.192. The van der Waals surface area contributed by atoms with E-state index in [0.29, 0.717) is 31.7 Å². The van der Waals surface area contributed by atoms with Crippen molar-refractivity contribution in [3.05, 3.63) is 12.2 Å². The highest BCUT2D eigenvalue weighted by atomic mass is 32.2. The first-order chi connectivity index (χ1) is 18.1. The topological polar surface area (TPSA) is 154 Å². The Kier molecular flexibility index (Phi) is 16.0. The third-order valence-electron chi connectivity index (χ3n) is 5.95. The van der Waals surface area contributed by atoms with Crippen LogP contribution in [-0.2, 0) is 28.8 Å². The Hall–Kier alpha value is -2.89. The van der Waals surface area contributed by atoms with Gasteiger partial charge in [0.05, 0.1) is 5.88 Å². The summed E-state index contributed by atoms with van der Waals surface area (Å²) in [6, 6.07) is -2.49. The Bertz CT molecular complexity index is 847. The van der Waals surface area contributed by atoms with Crippen LogP contribution < -0.4 is 21.3 Å². The second-order valence-electron chi connectivity index (χ2n) is 9.38. The molecular weight excluding hydrogens is 510 g/mol. The Morgan fingerprint density at radius 3 is 1.92 bits per heavy atom. The molecule has 1 aliphatic rings.